The van der Waals surface area contributed by atoms with E-state index in [0.717, 1.165) is 38.2 Å². The molecule has 1 aromatic carbocycles. The molecule has 0 fully saturated rings. The first-order valence-electron chi connectivity index (χ1n) is 20.2. The highest BCUT2D eigenvalue weighted by Gasteiger charge is 2.09. The number of amides is 4. The van der Waals surface area contributed by atoms with E-state index in [1.165, 1.54) is 19.1 Å². The number of nitrogens with two attached hydrogens (primary N) is 2. The van der Waals surface area contributed by atoms with Crippen LogP contribution in [-0.2, 0) is 63.9 Å². The van der Waals surface area contributed by atoms with E-state index in [2.05, 4.69) is 80.5 Å². The van der Waals surface area contributed by atoms with Gasteiger partial charge in [0.1, 0.15) is 25.5 Å². The molecule has 0 saturated heterocycles. The minimum absolute atomic E-state index is 0.0327. The monoisotopic (exact) mass is 880 g/mol. The first-order chi connectivity index (χ1) is 29.6. The third-order valence-electron chi connectivity index (χ3n) is 7.84. The van der Waals surface area contributed by atoms with Crippen LogP contribution in [0, 0.1) is 17.8 Å². The summed E-state index contributed by atoms with van der Waals surface area (Å²) in [5, 5.41) is 16.3. The molecule has 2 radical (unpaired) electrons. The first kappa shape index (κ1) is 54.5. The third kappa shape index (κ3) is 28.8. The molecule has 0 saturated carbocycles. The maximum atomic E-state index is 12.0. The van der Waals surface area contributed by atoms with Crippen molar-refractivity contribution in [2.45, 2.75) is 104 Å². The van der Waals surface area contributed by atoms with Crippen LogP contribution in [0.3, 0.4) is 0 Å². The van der Waals surface area contributed by atoms with Gasteiger partial charge in [-0.3, -0.25) is 32.9 Å². The molecule has 0 bridgehead atoms. The zero-order chi connectivity index (χ0) is 46.1. The minimum atomic E-state index is -1.20. The van der Waals surface area contributed by atoms with E-state index in [1.807, 2.05) is 6.20 Å². The molecule has 7 N–H and O–H groups in total. The van der Waals surface area contributed by atoms with Crippen LogP contribution in [0.15, 0.2) is 48.0 Å². The van der Waals surface area contributed by atoms with Crippen molar-refractivity contribution in [1.29, 1.82) is 0 Å². The predicted octanol–water partition coefficient (Wildman–Crippen LogP) is 2.28. The van der Waals surface area contributed by atoms with Gasteiger partial charge in [0.15, 0.2) is 0 Å². The van der Waals surface area contributed by atoms with Crippen molar-refractivity contribution >= 4 is 53.8 Å². The van der Waals surface area contributed by atoms with E-state index >= 15 is 0 Å². The van der Waals surface area contributed by atoms with E-state index in [9.17, 15) is 28.2 Å². The Hall–Kier alpha value is -5.56. The Morgan fingerprint density at radius 2 is 1.68 bits per heavy atom. The maximum absolute atomic E-state index is 12.0. The SMILES string of the molecule is CC(C)CCOC(C)CCn1cc(CNC(=O)CCCC#Cc2cnc(S(C)=O)nc2)nn1.CCCCN.[B]C(=O)OCc1ccc(NC(=O)CNC(=O)COCC(N)=O)cc1. The van der Waals surface area contributed by atoms with Crippen LogP contribution in [0.25, 0.3) is 0 Å². The zero-order valence-electron chi connectivity index (χ0n) is 36.4. The number of hydrogen-bond acceptors (Lipinski definition) is 14. The van der Waals surface area contributed by atoms with Crippen LogP contribution in [-0.4, -0.2) is 112 Å². The highest BCUT2D eigenvalue weighted by atomic mass is 32.2. The van der Waals surface area contributed by atoms with Crippen LogP contribution in [0.1, 0.15) is 89.5 Å². The molecule has 2 aromatic heterocycles. The van der Waals surface area contributed by atoms with Gasteiger partial charge in [-0.25, -0.2) is 9.97 Å². The number of primary amides is 1. The van der Waals surface area contributed by atoms with Crippen LogP contribution in [0.5, 0.6) is 0 Å². The number of carbonyl (C=O) groups is 5. The van der Waals surface area contributed by atoms with Gasteiger partial charge < -0.3 is 41.6 Å². The van der Waals surface area contributed by atoms with Gasteiger partial charge in [-0.1, -0.05) is 56.4 Å². The van der Waals surface area contributed by atoms with Gasteiger partial charge in [-0.05, 0) is 62.8 Å². The minimum Gasteiger partial charge on any atom is -0.470 e. The number of carbonyl (C=O) groups excluding carboxylic acids is 5. The number of anilines is 1. The van der Waals surface area contributed by atoms with Crippen molar-refractivity contribution in [2.75, 3.05) is 44.5 Å². The maximum Gasteiger partial charge on any atom is 0.246 e. The molecule has 21 heteroatoms. The van der Waals surface area contributed by atoms with Crippen molar-refractivity contribution in [2.24, 2.45) is 17.4 Å². The average Bonchev–Trinajstić information content (AvgIpc) is 3.69. The van der Waals surface area contributed by atoms with E-state index in [1.54, 1.807) is 41.3 Å². The van der Waals surface area contributed by atoms with Gasteiger partial charge in [-0.2, -0.15) is 0 Å². The fourth-order valence-electron chi connectivity index (χ4n) is 4.46. The Morgan fingerprint density at radius 3 is 2.27 bits per heavy atom. The van der Waals surface area contributed by atoms with Gasteiger partial charge >= 0.3 is 0 Å². The molecular weight excluding hydrogens is 819 g/mol. The lowest BCUT2D eigenvalue weighted by molar-refractivity contribution is -0.130. The summed E-state index contributed by atoms with van der Waals surface area (Å²) in [7, 11) is 3.65. The number of aromatic nitrogens is 5. The van der Waals surface area contributed by atoms with E-state index in [4.69, 9.17) is 28.8 Å². The number of unbranched alkanes of at least 4 members (excludes halogenated alkanes) is 2. The van der Waals surface area contributed by atoms with Crippen molar-refractivity contribution in [1.82, 2.24) is 35.6 Å². The van der Waals surface area contributed by atoms with Crippen molar-refractivity contribution in [3.63, 3.8) is 0 Å². The average molecular weight is 881 g/mol. The quantitative estimate of drug-likeness (QED) is 0.0374. The highest BCUT2D eigenvalue weighted by Crippen LogP contribution is 2.11. The van der Waals surface area contributed by atoms with Crippen LogP contribution in [0.4, 0.5) is 10.5 Å². The van der Waals surface area contributed by atoms with Crippen molar-refractivity contribution in [3.05, 3.63) is 59.7 Å². The molecule has 0 spiro atoms. The van der Waals surface area contributed by atoms with Gasteiger partial charge in [0.25, 0.3) is 0 Å². The lowest BCUT2D eigenvalue weighted by Gasteiger charge is -2.13. The number of ether oxygens (including phenoxy) is 3. The van der Waals surface area contributed by atoms with Crippen molar-refractivity contribution in [3.8, 4) is 11.8 Å². The summed E-state index contributed by atoms with van der Waals surface area (Å²) in [6.45, 7) is 10.3. The third-order valence-corrected chi connectivity index (χ3v) is 8.56. The summed E-state index contributed by atoms with van der Waals surface area (Å²) < 4.78 is 28.2. The van der Waals surface area contributed by atoms with Gasteiger partial charge in [0, 0.05) is 50.3 Å². The number of nitrogens with one attached hydrogen (secondary N) is 3. The van der Waals surface area contributed by atoms with Gasteiger partial charge in [0.2, 0.25) is 42.5 Å². The summed E-state index contributed by atoms with van der Waals surface area (Å²) in [5.41, 5.74) is 12.6. The lowest BCUT2D eigenvalue weighted by atomic mass is 10.1. The molecule has 62 heavy (non-hydrogen) atoms. The van der Waals surface area contributed by atoms with Crippen LogP contribution in [0.2, 0.25) is 0 Å². The van der Waals surface area contributed by atoms with E-state index in [-0.39, 0.29) is 43.5 Å². The Kier molecular flexibility index (Phi) is 29.1. The molecule has 3 rings (SSSR count). The fraction of sp³-hybridized carbons (Fsp3) is 0.537. The second-order valence-electron chi connectivity index (χ2n) is 14.0. The highest BCUT2D eigenvalue weighted by molar-refractivity contribution is 7.84. The number of benzene rings is 1. The van der Waals surface area contributed by atoms with E-state index < -0.39 is 34.4 Å². The number of nitrogens with zero attached hydrogens (tertiary/aromatic N) is 5. The van der Waals surface area contributed by atoms with Crippen LogP contribution < -0.4 is 27.4 Å². The normalized spacial score (nSPS) is 11.3. The first-order valence-corrected chi connectivity index (χ1v) is 21.7. The van der Waals surface area contributed by atoms with Crippen molar-refractivity contribution < 1.29 is 42.4 Å². The molecule has 3 aromatic rings. The summed E-state index contributed by atoms with van der Waals surface area (Å²) in [5.74, 6) is 3.99. The molecule has 2 atom stereocenters. The summed E-state index contributed by atoms with van der Waals surface area (Å²) in [6.07, 6.45) is 12.6. The molecule has 2 unspecified atom stereocenters. The predicted molar refractivity (Wildman–Crippen MR) is 234 cm³/mol. The second-order valence-corrected chi connectivity index (χ2v) is 15.3. The Balaban J connectivity index is 0.000000581. The second kappa shape index (κ2) is 33.1. The van der Waals surface area contributed by atoms with Gasteiger partial charge in [-0.15, -0.1) is 5.10 Å². The summed E-state index contributed by atoms with van der Waals surface area (Å²) in [6, 6.07) is 6.51. The number of aryl methyl sites for hydroxylation is 1. The largest absolute Gasteiger partial charge is 0.470 e. The zero-order valence-corrected chi connectivity index (χ0v) is 37.2. The van der Waals surface area contributed by atoms with Crippen LogP contribution >= 0.6 is 0 Å². The molecule has 4 amide bonds. The molecule has 0 aliphatic carbocycles. The Labute approximate surface area is 367 Å². The van der Waals surface area contributed by atoms with Gasteiger partial charge in [0.05, 0.1) is 41.8 Å². The topological polar surface area (TPSA) is 275 Å². The molecule has 338 valence electrons. The molecule has 0 aliphatic rings. The fourth-order valence-corrected chi connectivity index (χ4v) is 4.86. The molecule has 0 aliphatic heterocycles. The summed E-state index contributed by atoms with van der Waals surface area (Å²) >= 11 is 0. The molecule has 2 heterocycles. The lowest BCUT2D eigenvalue weighted by Crippen LogP contribution is -2.35. The smallest absolute Gasteiger partial charge is 0.246 e. The molecular formula is C41H61BN10O9S. The number of hydrogen-bond donors (Lipinski definition) is 5. The molecule has 19 nitrogen and oxygen atoms in total. The number of rotatable bonds is 24. The summed E-state index contributed by atoms with van der Waals surface area (Å²) in [4.78, 5) is 64.0. The standard InChI is InChI=1S/C23H34N6O3S.C14H16BN3O6.C4H11N/c1-18(2)11-13-32-19(3)10-12-29-17-21(27-28-29)16-24-22(30)9-7-5-6-8-20-14-25-23(26-15-20)33(4)31;15-14(22)24-6-9-1-3-10(4-2-9)18-12(20)5-17-13(21)8-23-7-11(16)19;1-2-3-4-5/h14-15,17-19H,5,7,9-13,16H2,1-4H3,(H,24,30);1-4H,5-8H2,(H2,16,19)(H,17,21)(H,18,20);2-5H2,1H3. The Bertz CT molecular complexity index is 1870. The Morgan fingerprint density at radius 1 is 0.968 bits per heavy atom. The van der Waals surface area contributed by atoms with E-state index in [0.29, 0.717) is 48.5 Å².